The van der Waals surface area contributed by atoms with E-state index in [0.717, 1.165) is 12.3 Å². The molecule has 1 nitrogen and oxygen atoms in total. The Balaban J connectivity index is 4.69. The zero-order valence-corrected chi connectivity index (χ0v) is 18.0. The molecule has 142 valence electrons. The summed E-state index contributed by atoms with van der Waals surface area (Å²) in [6, 6.07) is 0.370. The van der Waals surface area contributed by atoms with Crippen LogP contribution in [-0.4, -0.2) is 12.8 Å². The van der Waals surface area contributed by atoms with Crippen molar-refractivity contribution in [2.45, 2.75) is 106 Å². The van der Waals surface area contributed by atoms with Gasteiger partial charge in [0.2, 0.25) is 0 Å². The van der Waals surface area contributed by atoms with E-state index in [1.54, 1.807) is 0 Å². The van der Waals surface area contributed by atoms with Crippen molar-refractivity contribution in [1.82, 2.24) is 0 Å². The third-order valence-corrected chi connectivity index (χ3v) is 5.71. The first kappa shape index (κ1) is 23.4. The molecule has 3 unspecified atom stereocenters. The highest BCUT2D eigenvalue weighted by atomic mass is 14.8. The van der Waals surface area contributed by atoms with Crippen LogP contribution in [0.5, 0.6) is 0 Å². The summed E-state index contributed by atoms with van der Waals surface area (Å²) in [6.07, 6.45) is 11.5. The fourth-order valence-corrected chi connectivity index (χ4v) is 3.78. The second kappa shape index (κ2) is 11.9. The van der Waals surface area contributed by atoms with E-state index in [1.807, 2.05) is 0 Å². The number of rotatable bonds is 13. The molecule has 0 saturated carbocycles. The third kappa shape index (κ3) is 9.64. The highest BCUT2D eigenvalue weighted by Crippen LogP contribution is 2.33. The second-order valence-corrected chi connectivity index (χ2v) is 8.95. The molecule has 0 amide bonds. The van der Waals surface area contributed by atoms with Gasteiger partial charge in [0.05, 0.1) is 6.04 Å². The van der Waals surface area contributed by atoms with E-state index < -0.39 is 0 Å². The van der Waals surface area contributed by atoms with E-state index >= 15 is 0 Å². The predicted molar refractivity (Wildman–Crippen MR) is 112 cm³/mol. The molecule has 0 aliphatic carbocycles. The third-order valence-electron chi connectivity index (χ3n) is 5.71. The van der Waals surface area contributed by atoms with Crippen LogP contribution in [0.3, 0.4) is 0 Å². The zero-order valence-electron chi connectivity index (χ0n) is 18.0. The lowest BCUT2D eigenvalue weighted by Gasteiger charge is -2.31. The van der Waals surface area contributed by atoms with Crippen molar-refractivity contribution < 1.29 is 0 Å². The van der Waals surface area contributed by atoms with Crippen molar-refractivity contribution in [3.63, 3.8) is 0 Å². The lowest BCUT2D eigenvalue weighted by molar-refractivity contribution is 0.282. The number of nitrogens with zero attached hydrogens (tertiary/aromatic N) is 1. The molecule has 1 heteroatoms. The van der Waals surface area contributed by atoms with Crippen molar-refractivity contribution in [3.05, 3.63) is 11.6 Å². The van der Waals surface area contributed by atoms with Crippen molar-refractivity contribution in [1.29, 1.82) is 0 Å². The Morgan fingerprint density at radius 1 is 1.12 bits per heavy atom. The Bertz CT molecular complexity index is 366. The Kier molecular flexibility index (Phi) is 11.6. The molecule has 0 radical (unpaired) electrons. The van der Waals surface area contributed by atoms with Crippen LogP contribution in [0.25, 0.3) is 0 Å². The van der Waals surface area contributed by atoms with Crippen molar-refractivity contribution in [2.24, 2.45) is 28.2 Å². The maximum absolute atomic E-state index is 4.52. The summed E-state index contributed by atoms with van der Waals surface area (Å²) in [5.74, 6) is 2.10. The Morgan fingerprint density at radius 2 is 1.75 bits per heavy atom. The van der Waals surface area contributed by atoms with Gasteiger partial charge < -0.3 is 0 Å². The highest BCUT2D eigenvalue weighted by molar-refractivity contribution is 5.24. The normalized spacial score (nSPS) is 18.1. The monoisotopic (exact) mass is 335 g/mol. The Labute approximate surface area is 153 Å². The van der Waals surface area contributed by atoms with Gasteiger partial charge in [0, 0.05) is 0 Å². The van der Waals surface area contributed by atoms with Crippen LogP contribution in [-0.2, 0) is 0 Å². The largest absolute Gasteiger partial charge is 0.297 e. The molecule has 4 atom stereocenters. The molecule has 0 fully saturated rings. The molecule has 0 aromatic carbocycles. The molecular weight excluding hydrogens is 290 g/mol. The lowest BCUT2D eigenvalue weighted by atomic mass is 9.77. The van der Waals surface area contributed by atoms with Crippen molar-refractivity contribution in [3.8, 4) is 0 Å². The molecule has 0 aliphatic rings. The van der Waals surface area contributed by atoms with Crippen LogP contribution >= 0.6 is 0 Å². The minimum Gasteiger partial charge on any atom is -0.297 e. The molecule has 0 aromatic heterocycles. The van der Waals surface area contributed by atoms with Gasteiger partial charge in [-0.25, -0.2) is 0 Å². The van der Waals surface area contributed by atoms with Gasteiger partial charge >= 0.3 is 0 Å². The van der Waals surface area contributed by atoms with E-state index in [0.29, 0.717) is 17.9 Å². The number of hydrogen-bond donors (Lipinski definition) is 0. The Hall–Kier alpha value is -0.590. The van der Waals surface area contributed by atoms with Crippen LogP contribution in [0.1, 0.15) is 100 Å². The molecule has 24 heavy (non-hydrogen) atoms. The van der Waals surface area contributed by atoms with Crippen molar-refractivity contribution in [2.75, 3.05) is 0 Å². The quantitative estimate of drug-likeness (QED) is 0.186. The first-order valence-corrected chi connectivity index (χ1v) is 10.3. The van der Waals surface area contributed by atoms with E-state index in [-0.39, 0.29) is 5.41 Å². The van der Waals surface area contributed by atoms with Gasteiger partial charge in [0.1, 0.15) is 0 Å². The summed E-state index contributed by atoms with van der Waals surface area (Å²) < 4.78 is 0. The van der Waals surface area contributed by atoms with Crippen LogP contribution in [0.4, 0.5) is 0 Å². The topological polar surface area (TPSA) is 12.4 Å². The average Bonchev–Trinajstić information content (AvgIpc) is 2.51. The minimum absolute atomic E-state index is 0.194. The molecule has 0 spiro atoms. The van der Waals surface area contributed by atoms with Crippen molar-refractivity contribution >= 4 is 6.72 Å². The van der Waals surface area contributed by atoms with Crippen LogP contribution in [0, 0.1) is 23.2 Å². The predicted octanol–water partition coefficient (Wildman–Crippen LogP) is 7.71. The summed E-state index contributed by atoms with van der Waals surface area (Å²) in [6.45, 7) is 22.6. The number of hydrogen-bond acceptors (Lipinski definition) is 1. The molecule has 0 N–H and O–H groups in total. The van der Waals surface area contributed by atoms with E-state index in [4.69, 9.17) is 0 Å². The summed E-state index contributed by atoms with van der Waals surface area (Å²) in [5.41, 5.74) is 1.71. The maximum Gasteiger partial charge on any atom is 0.0526 e. The molecule has 0 rings (SSSR count). The smallest absolute Gasteiger partial charge is 0.0526 e. The standard InChI is InChI=1S/C23H45N/c1-10-12-13-14-18(3)15-20(5)22(24-9)17-23(7,8)16-21(6)19(4)11-2/h16,18-20,22H,9-15,17H2,1-8H3/b21-16-/t18?,19?,20-,22?/m1/s1. The summed E-state index contributed by atoms with van der Waals surface area (Å²) >= 11 is 0. The average molecular weight is 336 g/mol. The van der Waals surface area contributed by atoms with Crippen LogP contribution < -0.4 is 0 Å². The highest BCUT2D eigenvalue weighted by Gasteiger charge is 2.26. The lowest BCUT2D eigenvalue weighted by Crippen LogP contribution is -2.25. The molecule has 0 saturated heterocycles. The Morgan fingerprint density at radius 3 is 2.25 bits per heavy atom. The van der Waals surface area contributed by atoms with E-state index in [2.05, 4.69) is 73.2 Å². The fraction of sp³-hybridized carbons (Fsp3) is 0.870. The SMILES string of the molecule is C=NC(CC(C)(C)/C=C(/C)C(C)CC)[C@H](C)CC(C)CCCCC. The number of unbranched alkanes of at least 4 members (excludes halogenated alkanes) is 2. The minimum atomic E-state index is 0.194. The molecule has 0 heterocycles. The molecule has 0 bridgehead atoms. The zero-order chi connectivity index (χ0) is 18.8. The van der Waals surface area contributed by atoms with Gasteiger partial charge in [0.25, 0.3) is 0 Å². The summed E-state index contributed by atoms with van der Waals surface area (Å²) in [5, 5.41) is 0. The maximum atomic E-state index is 4.52. The fourth-order valence-electron chi connectivity index (χ4n) is 3.78. The molecule has 0 aliphatic heterocycles. The molecular formula is C23H45N. The molecule has 0 aromatic rings. The van der Waals surface area contributed by atoms with Gasteiger partial charge in [-0.1, -0.05) is 85.8 Å². The number of allylic oxidation sites excluding steroid dienone is 2. The first-order chi connectivity index (χ1) is 11.2. The number of aliphatic imine (C=N–C) groups is 1. The van der Waals surface area contributed by atoms with Gasteiger partial charge in [-0.15, -0.1) is 0 Å². The van der Waals surface area contributed by atoms with Crippen LogP contribution in [0.2, 0.25) is 0 Å². The first-order valence-electron chi connectivity index (χ1n) is 10.3. The summed E-state index contributed by atoms with van der Waals surface area (Å²) in [7, 11) is 0. The van der Waals surface area contributed by atoms with Gasteiger partial charge in [-0.05, 0) is 56.1 Å². The van der Waals surface area contributed by atoms with Gasteiger partial charge in [-0.2, -0.15) is 0 Å². The van der Waals surface area contributed by atoms with Gasteiger partial charge in [-0.3, -0.25) is 4.99 Å². The van der Waals surface area contributed by atoms with E-state index in [1.165, 1.54) is 44.1 Å². The van der Waals surface area contributed by atoms with Gasteiger partial charge in [0.15, 0.2) is 0 Å². The van der Waals surface area contributed by atoms with Crippen LogP contribution in [0.15, 0.2) is 16.6 Å². The second-order valence-electron chi connectivity index (χ2n) is 8.95. The van der Waals surface area contributed by atoms with E-state index in [9.17, 15) is 0 Å². The summed E-state index contributed by atoms with van der Waals surface area (Å²) in [4.78, 5) is 4.52.